The van der Waals surface area contributed by atoms with Crippen LogP contribution in [0.5, 0.6) is 5.75 Å². The van der Waals surface area contributed by atoms with E-state index >= 15 is 0 Å². The molecule has 7 nitrogen and oxygen atoms in total. The molecule has 0 atom stereocenters. The third kappa shape index (κ3) is 6.78. The Morgan fingerprint density at radius 2 is 2.00 bits per heavy atom. The van der Waals surface area contributed by atoms with Gasteiger partial charge in [-0.2, -0.15) is 18.2 Å². The van der Waals surface area contributed by atoms with E-state index in [0.29, 0.717) is 11.6 Å². The van der Waals surface area contributed by atoms with Gasteiger partial charge in [0.25, 0.3) is 0 Å². The summed E-state index contributed by atoms with van der Waals surface area (Å²) in [5.41, 5.74) is 0.696. The van der Waals surface area contributed by atoms with Crippen LogP contribution in [0.4, 0.5) is 18.9 Å². The van der Waals surface area contributed by atoms with Crippen molar-refractivity contribution in [3.05, 3.63) is 45.5 Å². The lowest BCUT2D eigenvalue weighted by atomic mass is 10.2. The van der Waals surface area contributed by atoms with Crippen LogP contribution >= 0.6 is 11.8 Å². The Labute approximate surface area is 207 Å². The summed E-state index contributed by atoms with van der Waals surface area (Å²) in [6, 6.07) is 2.91. The van der Waals surface area contributed by atoms with Crippen LogP contribution in [0.2, 0.25) is 0 Å². The highest BCUT2D eigenvalue weighted by atomic mass is 32.2. The summed E-state index contributed by atoms with van der Waals surface area (Å²) < 4.78 is 46.0. The first kappa shape index (κ1) is 27.1. The number of anilines is 1. The van der Waals surface area contributed by atoms with Crippen LogP contribution in [-0.2, 0) is 30.4 Å². The molecular weight excluding hydrogens is 481 g/mol. The number of fused-ring (bicyclic) bond motifs is 1. The maximum absolute atomic E-state index is 13.1. The molecule has 1 aliphatic carbocycles. The van der Waals surface area contributed by atoms with E-state index in [0.717, 1.165) is 80.5 Å². The molecule has 1 aliphatic rings. The lowest BCUT2D eigenvalue weighted by Crippen LogP contribution is -2.30. The van der Waals surface area contributed by atoms with Crippen molar-refractivity contribution in [1.29, 1.82) is 0 Å². The van der Waals surface area contributed by atoms with E-state index in [1.165, 1.54) is 13.2 Å². The van der Waals surface area contributed by atoms with Crippen molar-refractivity contribution in [2.24, 2.45) is 0 Å². The summed E-state index contributed by atoms with van der Waals surface area (Å²) in [6.45, 7) is 7.66. The smallest absolute Gasteiger partial charge is 0.416 e. The average molecular weight is 513 g/mol. The van der Waals surface area contributed by atoms with Gasteiger partial charge in [0.05, 0.1) is 24.1 Å². The number of nitrogens with zero attached hydrogens (tertiary/aromatic N) is 3. The Hall–Kier alpha value is -2.53. The van der Waals surface area contributed by atoms with Crippen LogP contribution in [0, 0.1) is 0 Å². The summed E-state index contributed by atoms with van der Waals surface area (Å²) in [5, 5.41) is 3.01. The minimum atomic E-state index is -4.54. The summed E-state index contributed by atoms with van der Waals surface area (Å²) in [6.07, 6.45) is -1.20. The molecule has 0 radical (unpaired) electrons. The summed E-state index contributed by atoms with van der Waals surface area (Å²) in [5.74, 6) is -0.475. The van der Waals surface area contributed by atoms with Crippen LogP contribution in [0.1, 0.15) is 43.5 Å². The first-order valence-electron chi connectivity index (χ1n) is 11.7. The van der Waals surface area contributed by atoms with Gasteiger partial charge in [-0.3, -0.25) is 9.36 Å². The molecule has 0 fully saturated rings. The molecule has 3 rings (SSSR count). The predicted molar refractivity (Wildman–Crippen MR) is 130 cm³/mol. The SMILES string of the molecule is CCN(CC)CCCn1c2c(c(SCC(=O)Nc3cc(C(F)(F)F)ccc3OC)nc1=O)CCC2. The van der Waals surface area contributed by atoms with E-state index in [4.69, 9.17) is 4.74 Å². The van der Waals surface area contributed by atoms with Crippen molar-refractivity contribution < 1.29 is 22.7 Å². The number of halogens is 3. The maximum atomic E-state index is 13.1. The number of benzene rings is 1. The largest absolute Gasteiger partial charge is 0.495 e. The lowest BCUT2D eigenvalue weighted by Gasteiger charge is -2.19. The Morgan fingerprint density at radius 1 is 1.26 bits per heavy atom. The second-order valence-electron chi connectivity index (χ2n) is 8.26. The number of carbonyl (C=O) groups is 1. The number of rotatable bonds is 11. The second-order valence-corrected chi connectivity index (χ2v) is 9.22. The molecule has 0 bridgehead atoms. The van der Waals surface area contributed by atoms with Gasteiger partial charge in [-0.25, -0.2) is 4.79 Å². The van der Waals surface area contributed by atoms with Crippen LogP contribution in [0.25, 0.3) is 0 Å². The number of hydrogen-bond acceptors (Lipinski definition) is 6. The zero-order valence-corrected chi connectivity index (χ0v) is 21.0. The Morgan fingerprint density at radius 3 is 2.66 bits per heavy atom. The number of carbonyl (C=O) groups excluding carboxylic acids is 1. The first-order chi connectivity index (χ1) is 16.7. The fraction of sp³-hybridized carbons (Fsp3) is 0.542. The van der Waals surface area contributed by atoms with Crippen molar-refractivity contribution >= 4 is 23.4 Å². The Balaban J connectivity index is 1.69. The number of aromatic nitrogens is 2. The number of ether oxygens (including phenoxy) is 1. The molecule has 0 saturated heterocycles. The molecule has 2 aromatic rings. The van der Waals surface area contributed by atoms with E-state index in [-0.39, 0.29) is 22.9 Å². The molecule has 0 saturated carbocycles. The van der Waals surface area contributed by atoms with Crippen molar-refractivity contribution in [3.63, 3.8) is 0 Å². The molecule has 0 unspecified atom stereocenters. The quantitative estimate of drug-likeness (QED) is 0.359. The van der Waals surface area contributed by atoms with Crippen molar-refractivity contribution in [1.82, 2.24) is 14.5 Å². The third-order valence-corrected chi connectivity index (χ3v) is 7.11. The number of hydrogen-bond donors (Lipinski definition) is 1. The minimum absolute atomic E-state index is 0.0604. The van der Waals surface area contributed by atoms with E-state index in [2.05, 4.69) is 29.0 Å². The molecule has 0 spiro atoms. The van der Waals surface area contributed by atoms with Crippen LogP contribution in [0.3, 0.4) is 0 Å². The number of alkyl halides is 3. The fourth-order valence-corrected chi connectivity index (χ4v) is 5.11. The zero-order chi connectivity index (χ0) is 25.6. The van der Waals surface area contributed by atoms with Gasteiger partial charge in [0.2, 0.25) is 5.91 Å². The van der Waals surface area contributed by atoms with Crippen molar-refractivity contribution in [2.75, 3.05) is 37.8 Å². The minimum Gasteiger partial charge on any atom is -0.495 e. The van der Waals surface area contributed by atoms with Crippen molar-refractivity contribution in [3.8, 4) is 5.75 Å². The average Bonchev–Trinajstić information content (AvgIpc) is 3.31. The van der Waals surface area contributed by atoms with Gasteiger partial charge in [-0.1, -0.05) is 25.6 Å². The molecule has 1 aromatic carbocycles. The molecule has 1 N–H and O–H groups in total. The van der Waals surface area contributed by atoms with Gasteiger partial charge in [0.15, 0.2) is 0 Å². The highest BCUT2D eigenvalue weighted by molar-refractivity contribution is 8.00. The van der Waals surface area contributed by atoms with Gasteiger partial charge < -0.3 is 15.0 Å². The van der Waals surface area contributed by atoms with Crippen LogP contribution < -0.4 is 15.7 Å². The molecule has 1 amide bonds. The van der Waals surface area contributed by atoms with E-state index in [9.17, 15) is 22.8 Å². The molecule has 0 aliphatic heterocycles. The molecule has 11 heteroatoms. The standard InChI is InChI=1S/C24H31F3N4O3S/c1-4-30(5-2)12-7-13-31-19-9-6-8-17(19)22(29-23(31)33)35-15-21(32)28-18-14-16(24(25,26)27)10-11-20(18)34-3/h10-11,14H,4-9,12-13,15H2,1-3H3,(H,28,32). The zero-order valence-electron chi connectivity index (χ0n) is 20.2. The fourth-order valence-electron chi connectivity index (χ4n) is 4.23. The number of nitrogens with one attached hydrogen (secondary N) is 1. The molecule has 192 valence electrons. The van der Waals surface area contributed by atoms with E-state index < -0.39 is 17.6 Å². The van der Waals surface area contributed by atoms with E-state index in [1.807, 2.05) is 0 Å². The normalized spacial score (nSPS) is 13.2. The first-order valence-corrected chi connectivity index (χ1v) is 12.7. The van der Waals surface area contributed by atoms with Gasteiger partial charge in [0.1, 0.15) is 10.8 Å². The molecule has 35 heavy (non-hydrogen) atoms. The summed E-state index contributed by atoms with van der Waals surface area (Å²) in [4.78, 5) is 31.9. The Bertz CT molecular complexity index is 1100. The van der Waals surface area contributed by atoms with Crippen molar-refractivity contribution in [2.45, 2.75) is 57.3 Å². The molecule has 1 heterocycles. The predicted octanol–water partition coefficient (Wildman–Crippen LogP) is 4.22. The Kier molecular flexibility index (Phi) is 9.23. The van der Waals surface area contributed by atoms with Crippen LogP contribution in [0.15, 0.2) is 28.0 Å². The van der Waals surface area contributed by atoms with E-state index in [1.54, 1.807) is 4.57 Å². The molecule has 1 aromatic heterocycles. The second kappa shape index (κ2) is 11.9. The van der Waals surface area contributed by atoms with Gasteiger partial charge in [0, 0.05) is 17.8 Å². The summed E-state index contributed by atoms with van der Waals surface area (Å²) in [7, 11) is 1.32. The third-order valence-electron chi connectivity index (χ3n) is 6.09. The lowest BCUT2D eigenvalue weighted by molar-refractivity contribution is -0.137. The van der Waals surface area contributed by atoms with Gasteiger partial charge in [-0.15, -0.1) is 0 Å². The highest BCUT2D eigenvalue weighted by Crippen LogP contribution is 2.35. The monoisotopic (exact) mass is 512 g/mol. The van der Waals surface area contributed by atoms with Gasteiger partial charge >= 0.3 is 11.9 Å². The number of amides is 1. The maximum Gasteiger partial charge on any atom is 0.416 e. The van der Waals surface area contributed by atoms with Gasteiger partial charge in [-0.05, 0) is 63.5 Å². The number of thioether (sulfide) groups is 1. The van der Waals surface area contributed by atoms with Crippen LogP contribution in [-0.4, -0.2) is 52.9 Å². The molecular formula is C24H31F3N4O3S. The highest BCUT2D eigenvalue weighted by Gasteiger charge is 2.31. The topological polar surface area (TPSA) is 76.5 Å². The number of methoxy groups -OCH3 is 1. The summed E-state index contributed by atoms with van der Waals surface area (Å²) >= 11 is 1.13.